The summed E-state index contributed by atoms with van der Waals surface area (Å²) < 4.78 is 0. The molecule has 0 fully saturated rings. The molecule has 0 radical (unpaired) electrons. The first-order valence-electron chi connectivity index (χ1n) is 6.09. The van der Waals surface area contributed by atoms with Crippen LogP contribution in [0.5, 0.6) is 0 Å². The zero-order valence-electron chi connectivity index (χ0n) is 9.95. The Bertz CT molecular complexity index is 325. The largest absolute Gasteiger partial charge is 0.122 e. The number of hydrogen-bond acceptors (Lipinski definition) is 1. The van der Waals surface area contributed by atoms with Crippen molar-refractivity contribution in [3.8, 4) is 0 Å². The van der Waals surface area contributed by atoms with E-state index in [1.165, 1.54) is 24.2 Å². The summed E-state index contributed by atoms with van der Waals surface area (Å²) in [5.41, 5.74) is 1.55. The Balaban J connectivity index is 1.92. The summed E-state index contributed by atoms with van der Waals surface area (Å²) in [7, 11) is 0. The van der Waals surface area contributed by atoms with Gasteiger partial charge >= 0.3 is 0 Å². The van der Waals surface area contributed by atoms with Crippen LogP contribution in [0.2, 0.25) is 0 Å². The Morgan fingerprint density at radius 3 is 2.88 bits per heavy atom. The maximum atomic E-state index is 3.78. The molecule has 3 atom stereocenters. The second kappa shape index (κ2) is 5.59. The third kappa shape index (κ3) is 2.84. The first-order chi connectivity index (χ1) is 7.70. The van der Waals surface area contributed by atoms with E-state index < -0.39 is 0 Å². The maximum absolute atomic E-state index is 3.78. The van der Waals surface area contributed by atoms with Gasteiger partial charge in [-0.15, -0.1) is 11.8 Å². The summed E-state index contributed by atoms with van der Waals surface area (Å²) in [6.07, 6.45) is 3.81. The third-order valence-electron chi connectivity index (χ3n) is 3.36. The minimum atomic E-state index is 0.678. The molecule has 0 saturated heterocycles. The van der Waals surface area contributed by atoms with E-state index in [1.54, 1.807) is 5.56 Å². The first kappa shape index (κ1) is 12.5. The van der Waals surface area contributed by atoms with Gasteiger partial charge in [0.05, 0.1) is 0 Å². The minimum Gasteiger partial charge on any atom is -0.122 e. The average molecular weight is 299 g/mol. The van der Waals surface area contributed by atoms with Crippen molar-refractivity contribution in [2.24, 2.45) is 5.92 Å². The van der Waals surface area contributed by atoms with E-state index in [-0.39, 0.29) is 0 Å². The number of hydrogen-bond donors (Lipinski definition) is 0. The smallest absolute Gasteiger partial charge is 0.0169 e. The van der Waals surface area contributed by atoms with Crippen LogP contribution in [-0.2, 0) is 6.42 Å². The van der Waals surface area contributed by atoms with Crippen LogP contribution >= 0.6 is 27.7 Å². The molecule has 0 spiro atoms. The highest BCUT2D eigenvalue weighted by molar-refractivity contribution is 9.09. The summed E-state index contributed by atoms with van der Waals surface area (Å²) in [6, 6.07) is 8.84. The summed E-state index contributed by atoms with van der Waals surface area (Å²) in [5, 5.41) is 0.791. The molecule has 0 saturated carbocycles. The Labute approximate surface area is 111 Å². The first-order valence-corrected chi connectivity index (χ1v) is 7.89. The maximum Gasteiger partial charge on any atom is 0.0169 e. The molecule has 1 aliphatic rings. The fourth-order valence-electron chi connectivity index (χ4n) is 2.35. The molecule has 16 heavy (non-hydrogen) atoms. The van der Waals surface area contributed by atoms with Gasteiger partial charge in [-0.2, -0.15) is 0 Å². The molecule has 0 N–H and O–H groups in total. The van der Waals surface area contributed by atoms with Gasteiger partial charge in [0, 0.05) is 15.0 Å². The Hall–Kier alpha value is 0.0500. The Morgan fingerprint density at radius 2 is 2.19 bits per heavy atom. The predicted octanol–water partition coefficient (Wildman–Crippen LogP) is 4.90. The normalized spacial score (nSPS) is 22.8. The molecule has 0 amide bonds. The van der Waals surface area contributed by atoms with Crippen LogP contribution in [0.3, 0.4) is 0 Å². The number of halogens is 1. The van der Waals surface area contributed by atoms with Gasteiger partial charge in [0.25, 0.3) is 0 Å². The fraction of sp³-hybridized carbons (Fsp3) is 0.571. The summed E-state index contributed by atoms with van der Waals surface area (Å²) in [5.74, 6) is 0.775. The lowest BCUT2D eigenvalue weighted by molar-refractivity contribution is 0.497. The van der Waals surface area contributed by atoms with E-state index in [0.29, 0.717) is 4.83 Å². The monoisotopic (exact) mass is 298 g/mol. The number of alkyl halides is 1. The quantitative estimate of drug-likeness (QED) is 0.712. The van der Waals surface area contributed by atoms with E-state index in [2.05, 4.69) is 65.8 Å². The zero-order chi connectivity index (χ0) is 11.5. The van der Waals surface area contributed by atoms with Crippen molar-refractivity contribution < 1.29 is 0 Å². The number of benzene rings is 1. The lowest BCUT2D eigenvalue weighted by Crippen LogP contribution is -2.15. The van der Waals surface area contributed by atoms with Gasteiger partial charge in [-0.05, 0) is 36.8 Å². The van der Waals surface area contributed by atoms with E-state index in [9.17, 15) is 0 Å². The molecule has 0 nitrogen and oxygen atoms in total. The predicted molar refractivity (Wildman–Crippen MR) is 76.6 cm³/mol. The van der Waals surface area contributed by atoms with Gasteiger partial charge < -0.3 is 0 Å². The highest BCUT2D eigenvalue weighted by Gasteiger charge is 2.25. The summed E-state index contributed by atoms with van der Waals surface area (Å²) in [4.78, 5) is 2.18. The number of rotatable bonds is 4. The van der Waals surface area contributed by atoms with Gasteiger partial charge in [0.15, 0.2) is 0 Å². The van der Waals surface area contributed by atoms with Gasteiger partial charge in [-0.1, -0.05) is 48.0 Å². The molecule has 2 heteroatoms. The number of fused-ring (bicyclic) bond motifs is 1. The van der Waals surface area contributed by atoms with E-state index in [0.717, 1.165) is 11.2 Å². The van der Waals surface area contributed by atoms with Crippen molar-refractivity contribution in [2.45, 2.75) is 48.1 Å². The van der Waals surface area contributed by atoms with Crippen LogP contribution in [-0.4, -0.2) is 10.1 Å². The van der Waals surface area contributed by atoms with E-state index in [4.69, 9.17) is 0 Å². The zero-order valence-corrected chi connectivity index (χ0v) is 12.4. The van der Waals surface area contributed by atoms with Gasteiger partial charge in [-0.3, -0.25) is 0 Å². The molecule has 2 rings (SSSR count). The summed E-state index contributed by atoms with van der Waals surface area (Å²) >= 11 is 5.85. The van der Waals surface area contributed by atoms with Crippen molar-refractivity contribution in [1.29, 1.82) is 0 Å². The van der Waals surface area contributed by atoms with Crippen molar-refractivity contribution in [2.75, 3.05) is 0 Å². The summed E-state index contributed by atoms with van der Waals surface area (Å²) in [6.45, 7) is 4.62. The SMILES string of the molecule is CCC(Br)C(C)CC1Cc2ccccc2S1. The van der Waals surface area contributed by atoms with Gasteiger partial charge in [0.2, 0.25) is 0 Å². The molecule has 88 valence electrons. The topological polar surface area (TPSA) is 0 Å². The second-order valence-corrected chi connectivity index (χ2v) is 7.21. The third-order valence-corrected chi connectivity index (χ3v) is 6.25. The van der Waals surface area contributed by atoms with Crippen LogP contribution < -0.4 is 0 Å². The van der Waals surface area contributed by atoms with Crippen LogP contribution in [0.4, 0.5) is 0 Å². The minimum absolute atomic E-state index is 0.678. The fourth-order valence-corrected chi connectivity index (χ4v) is 4.05. The van der Waals surface area contributed by atoms with Crippen LogP contribution in [0.1, 0.15) is 32.3 Å². The molecule has 3 unspecified atom stereocenters. The average Bonchev–Trinajstić information content (AvgIpc) is 2.69. The van der Waals surface area contributed by atoms with Crippen molar-refractivity contribution >= 4 is 27.7 Å². The standard InChI is InChI=1S/C14H19BrS/c1-3-13(15)10(2)8-12-9-11-6-4-5-7-14(11)16-12/h4-7,10,12-13H,3,8-9H2,1-2H3. The Kier molecular flexibility index (Phi) is 4.37. The molecular formula is C14H19BrS. The lowest BCUT2D eigenvalue weighted by Gasteiger charge is -2.19. The van der Waals surface area contributed by atoms with Crippen molar-refractivity contribution in [3.63, 3.8) is 0 Å². The molecule has 0 aliphatic carbocycles. The molecule has 0 aromatic heterocycles. The van der Waals surface area contributed by atoms with E-state index in [1.807, 2.05) is 0 Å². The van der Waals surface area contributed by atoms with Crippen LogP contribution in [0, 0.1) is 5.92 Å². The van der Waals surface area contributed by atoms with Gasteiger partial charge in [0.1, 0.15) is 0 Å². The second-order valence-electron chi connectivity index (χ2n) is 4.69. The Morgan fingerprint density at radius 1 is 1.44 bits per heavy atom. The molecule has 0 bridgehead atoms. The van der Waals surface area contributed by atoms with Crippen LogP contribution in [0.25, 0.3) is 0 Å². The molecule has 1 heterocycles. The van der Waals surface area contributed by atoms with Gasteiger partial charge in [-0.25, -0.2) is 0 Å². The van der Waals surface area contributed by atoms with E-state index >= 15 is 0 Å². The molecule has 1 aliphatic heterocycles. The molecule has 1 aromatic carbocycles. The van der Waals surface area contributed by atoms with Crippen molar-refractivity contribution in [3.05, 3.63) is 29.8 Å². The molecule has 1 aromatic rings. The highest BCUT2D eigenvalue weighted by Crippen LogP contribution is 2.40. The highest BCUT2D eigenvalue weighted by atomic mass is 79.9. The number of thioether (sulfide) groups is 1. The van der Waals surface area contributed by atoms with Crippen LogP contribution in [0.15, 0.2) is 29.2 Å². The van der Waals surface area contributed by atoms with Crippen molar-refractivity contribution in [1.82, 2.24) is 0 Å². The lowest BCUT2D eigenvalue weighted by atomic mass is 9.97. The molecular weight excluding hydrogens is 280 g/mol.